The second kappa shape index (κ2) is 8.34. The van der Waals surface area contributed by atoms with Crippen LogP contribution in [0.2, 0.25) is 0 Å². The number of anilines is 1. The standard InChI is InChI=1S/C20H22N3O3S.ClH/c1-12-3-4-15(19(21)22-12)10-23-13(2)18(7-8-24)27-20(23)14-5-6-16-17(9-14)26-11-25-16;/h3-6,9,24H,7-8,10-11H2,1-2H3,(H2,21,22);1H/q+1;/p-1. The van der Waals surface area contributed by atoms with Crippen LogP contribution < -0.4 is 32.2 Å². The Balaban J connectivity index is 0.00000225. The number of aliphatic hydroxyl groups excluding tert-OH is 1. The number of hydrogen-bond donors (Lipinski definition) is 2. The van der Waals surface area contributed by atoms with E-state index in [2.05, 4.69) is 16.5 Å². The van der Waals surface area contributed by atoms with Crippen molar-refractivity contribution >= 4 is 17.2 Å². The SMILES string of the molecule is Cc1ccc(C[n+]2c(-c3ccc4c(c3)OCO4)sc(CCO)c2C)c(N)n1.[Cl-]. The molecule has 2 aromatic heterocycles. The van der Waals surface area contributed by atoms with Crippen molar-refractivity contribution in [2.24, 2.45) is 0 Å². The Morgan fingerprint density at radius 3 is 2.71 bits per heavy atom. The number of pyridine rings is 1. The fraction of sp³-hybridized carbons (Fsp3) is 0.300. The van der Waals surface area contributed by atoms with Gasteiger partial charge in [-0.05, 0) is 37.3 Å². The number of ether oxygens (including phenoxy) is 2. The summed E-state index contributed by atoms with van der Waals surface area (Å²) >= 11 is 1.68. The Morgan fingerprint density at radius 2 is 1.96 bits per heavy atom. The molecule has 28 heavy (non-hydrogen) atoms. The summed E-state index contributed by atoms with van der Waals surface area (Å²) in [5.74, 6) is 2.07. The highest BCUT2D eigenvalue weighted by Crippen LogP contribution is 2.37. The molecule has 0 aliphatic carbocycles. The molecule has 1 aliphatic rings. The van der Waals surface area contributed by atoms with E-state index in [0.717, 1.165) is 43.9 Å². The van der Waals surface area contributed by atoms with E-state index in [1.807, 2.05) is 37.3 Å². The largest absolute Gasteiger partial charge is 1.00 e. The molecule has 0 saturated carbocycles. The molecule has 4 rings (SSSR count). The fourth-order valence-corrected chi connectivity index (χ4v) is 4.47. The summed E-state index contributed by atoms with van der Waals surface area (Å²) < 4.78 is 13.2. The third-order valence-electron chi connectivity index (χ3n) is 4.71. The molecular formula is C20H22ClN3O3S. The summed E-state index contributed by atoms with van der Waals surface area (Å²) in [4.78, 5) is 5.54. The lowest BCUT2D eigenvalue weighted by molar-refractivity contribution is -0.679. The van der Waals surface area contributed by atoms with E-state index in [-0.39, 0.29) is 25.8 Å². The van der Waals surface area contributed by atoms with Gasteiger partial charge in [0.15, 0.2) is 23.7 Å². The summed E-state index contributed by atoms with van der Waals surface area (Å²) in [5.41, 5.74) is 10.2. The van der Waals surface area contributed by atoms with Gasteiger partial charge in [0.1, 0.15) is 5.82 Å². The van der Waals surface area contributed by atoms with E-state index in [1.165, 1.54) is 0 Å². The highest BCUT2D eigenvalue weighted by Gasteiger charge is 2.27. The maximum atomic E-state index is 9.44. The smallest absolute Gasteiger partial charge is 0.269 e. The topological polar surface area (TPSA) is 81.5 Å². The predicted octanol–water partition coefficient (Wildman–Crippen LogP) is -0.388. The first-order valence-electron chi connectivity index (χ1n) is 8.82. The number of halogens is 1. The van der Waals surface area contributed by atoms with Crippen molar-refractivity contribution < 1.29 is 31.6 Å². The molecule has 0 fully saturated rings. The first-order chi connectivity index (χ1) is 13.1. The zero-order chi connectivity index (χ0) is 19.0. The van der Waals surface area contributed by atoms with Crippen molar-refractivity contribution in [3.8, 4) is 22.1 Å². The zero-order valence-corrected chi connectivity index (χ0v) is 17.3. The van der Waals surface area contributed by atoms with E-state index >= 15 is 0 Å². The maximum absolute atomic E-state index is 9.44. The molecule has 148 valence electrons. The molecule has 0 bridgehead atoms. The lowest BCUT2D eigenvalue weighted by Crippen LogP contribution is -3.00. The molecule has 0 atom stereocenters. The van der Waals surface area contributed by atoms with Gasteiger partial charge in [0.25, 0.3) is 5.01 Å². The summed E-state index contributed by atoms with van der Waals surface area (Å²) in [7, 11) is 0. The van der Waals surface area contributed by atoms with Crippen molar-refractivity contribution in [3.63, 3.8) is 0 Å². The van der Waals surface area contributed by atoms with Crippen LogP contribution in [-0.4, -0.2) is 23.5 Å². The molecule has 1 aliphatic heterocycles. The van der Waals surface area contributed by atoms with E-state index in [1.54, 1.807) is 11.3 Å². The van der Waals surface area contributed by atoms with Crippen molar-refractivity contribution in [3.05, 3.63) is 52.2 Å². The highest BCUT2D eigenvalue weighted by atomic mass is 35.5. The minimum atomic E-state index is 0. The van der Waals surface area contributed by atoms with Crippen molar-refractivity contribution in [1.29, 1.82) is 0 Å². The van der Waals surface area contributed by atoms with Crippen molar-refractivity contribution in [2.45, 2.75) is 26.8 Å². The van der Waals surface area contributed by atoms with Crippen LogP contribution in [0.5, 0.6) is 11.5 Å². The van der Waals surface area contributed by atoms with Gasteiger partial charge in [0.05, 0.1) is 16.0 Å². The number of aryl methyl sites for hydroxylation is 1. The first-order valence-corrected chi connectivity index (χ1v) is 9.63. The minimum absolute atomic E-state index is 0. The number of rotatable bonds is 5. The van der Waals surface area contributed by atoms with Gasteiger partial charge in [-0.15, -0.1) is 0 Å². The van der Waals surface area contributed by atoms with Crippen LogP contribution in [0.15, 0.2) is 30.3 Å². The Labute approximate surface area is 174 Å². The number of thiazole rings is 1. The van der Waals surface area contributed by atoms with Gasteiger partial charge in [0.2, 0.25) is 6.79 Å². The van der Waals surface area contributed by atoms with Gasteiger partial charge in [-0.3, -0.25) is 0 Å². The lowest BCUT2D eigenvalue weighted by atomic mass is 10.2. The number of nitrogens with zero attached hydrogens (tertiary/aromatic N) is 2. The average molecular weight is 420 g/mol. The molecule has 0 saturated heterocycles. The lowest BCUT2D eigenvalue weighted by Gasteiger charge is -2.05. The minimum Gasteiger partial charge on any atom is -1.00 e. The molecule has 8 heteroatoms. The summed E-state index contributed by atoms with van der Waals surface area (Å²) in [5, 5.41) is 10.5. The predicted molar refractivity (Wildman–Crippen MR) is 104 cm³/mol. The number of aliphatic hydroxyl groups is 1. The third-order valence-corrected chi connectivity index (χ3v) is 6.11. The number of nitrogen functional groups attached to an aromatic ring is 1. The van der Waals surface area contributed by atoms with Crippen LogP contribution >= 0.6 is 11.3 Å². The second-order valence-electron chi connectivity index (χ2n) is 6.54. The molecule has 3 N–H and O–H groups in total. The van der Waals surface area contributed by atoms with Gasteiger partial charge in [-0.1, -0.05) is 11.3 Å². The summed E-state index contributed by atoms with van der Waals surface area (Å²) in [6.07, 6.45) is 0.628. The second-order valence-corrected chi connectivity index (χ2v) is 7.62. The number of nitrogens with two attached hydrogens (primary N) is 1. The van der Waals surface area contributed by atoms with Crippen LogP contribution in [0, 0.1) is 13.8 Å². The van der Waals surface area contributed by atoms with Crippen molar-refractivity contribution in [1.82, 2.24) is 4.98 Å². The number of hydrogen-bond acceptors (Lipinski definition) is 6. The van der Waals surface area contributed by atoms with Gasteiger partial charge >= 0.3 is 0 Å². The number of aromatic nitrogens is 2. The molecule has 3 heterocycles. The Hall–Kier alpha value is -2.35. The van der Waals surface area contributed by atoms with Gasteiger partial charge < -0.3 is 32.7 Å². The van der Waals surface area contributed by atoms with E-state index in [4.69, 9.17) is 15.2 Å². The molecule has 1 aromatic carbocycles. The van der Waals surface area contributed by atoms with Crippen LogP contribution in [0.1, 0.15) is 21.8 Å². The monoisotopic (exact) mass is 419 g/mol. The Bertz CT molecular complexity index is 1010. The molecule has 6 nitrogen and oxygen atoms in total. The van der Waals surface area contributed by atoms with Crippen LogP contribution in [0.3, 0.4) is 0 Å². The normalized spacial score (nSPS) is 12.1. The Kier molecular flexibility index (Phi) is 6.07. The van der Waals surface area contributed by atoms with Crippen LogP contribution in [0.4, 0.5) is 5.82 Å². The molecule has 0 unspecified atom stereocenters. The molecule has 0 amide bonds. The zero-order valence-electron chi connectivity index (χ0n) is 15.7. The van der Waals surface area contributed by atoms with E-state index in [0.29, 0.717) is 18.8 Å². The number of benzene rings is 1. The fourth-order valence-electron chi connectivity index (χ4n) is 3.23. The van der Waals surface area contributed by atoms with E-state index in [9.17, 15) is 5.11 Å². The highest BCUT2D eigenvalue weighted by molar-refractivity contribution is 7.14. The summed E-state index contributed by atoms with van der Waals surface area (Å²) in [6, 6.07) is 9.97. The maximum Gasteiger partial charge on any atom is 0.269 e. The Morgan fingerprint density at radius 1 is 1.18 bits per heavy atom. The average Bonchev–Trinajstić information content (AvgIpc) is 3.23. The van der Waals surface area contributed by atoms with Gasteiger partial charge in [0, 0.05) is 25.6 Å². The molecule has 3 aromatic rings. The number of fused-ring (bicyclic) bond motifs is 1. The van der Waals surface area contributed by atoms with Crippen molar-refractivity contribution in [2.75, 3.05) is 19.1 Å². The van der Waals surface area contributed by atoms with Gasteiger partial charge in [-0.2, -0.15) is 4.57 Å². The van der Waals surface area contributed by atoms with Crippen LogP contribution in [-0.2, 0) is 13.0 Å². The molecular weight excluding hydrogens is 398 g/mol. The molecule has 0 spiro atoms. The third kappa shape index (κ3) is 3.78. The van der Waals surface area contributed by atoms with Gasteiger partial charge in [-0.25, -0.2) is 4.98 Å². The first kappa shape index (κ1) is 20.4. The molecule has 0 radical (unpaired) electrons. The quantitative estimate of drug-likeness (QED) is 0.551. The van der Waals surface area contributed by atoms with E-state index < -0.39 is 0 Å². The van der Waals surface area contributed by atoms with Crippen LogP contribution in [0.25, 0.3) is 10.6 Å². The summed E-state index contributed by atoms with van der Waals surface area (Å²) in [6.45, 7) is 5.01.